The van der Waals surface area contributed by atoms with Gasteiger partial charge in [-0.3, -0.25) is 4.79 Å². The molecular weight excluding hydrogens is 302 g/mol. The first-order valence-electron chi connectivity index (χ1n) is 7.77. The predicted molar refractivity (Wildman–Crippen MR) is 91.5 cm³/mol. The van der Waals surface area contributed by atoms with Crippen LogP contribution >= 0.6 is 0 Å². The van der Waals surface area contributed by atoms with Crippen molar-refractivity contribution in [1.29, 1.82) is 5.26 Å². The molecule has 0 N–H and O–H groups in total. The maximum absolute atomic E-state index is 11.9. The Morgan fingerprint density at radius 3 is 2.92 bits per heavy atom. The summed E-state index contributed by atoms with van der Waals surface area (Å²) in [4.78, 5) is 17.9. The summed E-state index contributed by atoms with van der Waals surface area (Å²) in [6, 6.07) is 11.7. The Kier molecular flexibility index (Phi) is 4.25. The molecule has 2 heterocycles. The second-order valence-corrected chi connectivity index (χ2v) is 5.46. The number of nitrogens with zero attached hydrogens (tertiary/aromatic N) is 5. The first-order chi connectivity index (χ1) is 11.7. The Morgan fingerprint density at radius 2 is 2.21 bits per heavy atom. The summed E-state index contributed by atoms with van der Waals surface area (Å²) in [6.07, 6.45) is 4.05. The van der Waals surface area contributed by atoms with Crippen molar-refractivity contribution in [3.05, 3.63) is 48.3 Å². The lowest BCUT2D eigenvalue weighted by molar-refractivity contribution is -0.116. The maximum Gasteiger partial charge on any atom is 0.223 e. The van der Waals surface area contributed by atoms with E-state index in [-0.39, 0.29) is 5.91 Å². The molecule has 0 saturated heterocycles. The Balaban J connectivity index is 2.11. The van der Waals surface area contributed by atoms with Crippen LogP contribution < -0.4 is 4.90 Å². The van der Waals surface area contributed by atoms with E-state index in [0.717, 1.165) is 23.4 Å². The molecule has 0 aliphatic carbocycles. The molecule has 0 spiro atoms. The molecule has 0 atom stereocenters. The SMILES string of the molecule is CCCN(C(C)=O)c1cccc(-c2ccnc3c(C#N)cnn23)c1. The largest absolute Gasteiger partial charge is 0.313 e. The molecule has 0 radical (unpaired) electrons. The van der Waals surface area contributed by atoms with Crippen LogP contribution in [0.3, 0.4) is 0 Å². The van der Waals surface area contributed by atoms with Gasteiger partial charge in [-0.1, -0.05) is 19.1 Å². The third-order valence-electron chi connectivity index (χ3n) is 3.80. The number of amides is 1. The summed E-state index contributed by atoms with van der Waals surface area (Å²) in [5.74, 6) is 0.0136. The highest BCUT2D eigenvalue weighted by Crippen LogP contribution is 2.25. The lowest BCUT2D eigenvalue weighted by Gasteiger charge is -2.21. The molecule has 0 aliphatic rings. The molecule has 3 rings (SSSR count). The van der Waals surface area contributed by atoms with E-state index in [2.05, 4.69) is 16.2 Å². The van der Waals surface area contributed by atoms with Crippen LogP contribution in [-0.2, 0) is 4.79 Å². The minimum atomic E-state index is 0.0136. The number of carbonyl (C=O) groups excluding carboxylic acids is 1. The van der Waals surface area contributed by atoms with Gasteiger partial charge in [-0.2, -0.15) is 10.4 Å². The van der Waals surface area contributed by atoms with E-state index in [9.17, 15) is 4.79 Å². The molecule has 6 nitrogen and oxygen atoms in total. The smallest absolute Gasteiger partial charge is 0.223 e. The molecule has 2 aromatic heterocycles. The van der Waals surface area contributed by atoms with Gasteiger partial charge in [0.05, 0.1) is 11.9 Å². The van der Waals surface area contributed by atoms with E-state index in [1.54, 1.807) is 22.5 Å². The van der Waals surface area contributed by atoms with Crippen LogP contribution in [0, 0.1) is 11.3 Å². The van der Waals surface area contributed by atoms with Crippen molar-refractivity contribution < 1.29 is 4.79 Å². The Morgan fingerprint density at radius 1 is 1.38 bits per heavy atom. The normalized spacial score (nSPS) is 10.5. The van der Waals surface area contributed by atoms with Crippen LogP contribution in [0.5, 0.6) is 0 Å². The van der Waals surface area contributed by atoms with Gasteiger partial charge < -0.3 is 4.90 Å². The van der Waals surface area contributed by atoms with Gasteiger partial charge in [-0.15, -0.1) is 0 Å². The molecule has 0 bridgehead atoms. The Labute approximate surface area is 140 Å². The summed E-state index contributed by atoms with van der Waals surface area (Å²) in [6.45, 7) is 4.28. The highest BCUT2D eigenvalue weighted by atomic mass is 16.2. The van der Waals surface area contributed by atoms with Gasteiger partial charge in [0, 0.05) is 30.9 Å². The number of benzene rings is 1. The number of rotatable bonds is 4. The average molecular weight is 319 g/mol. The zero-order chi connectivity index (χ0) is 17.1. The molecule has 120 valence electrons. The third-order valence-corrected chi connectivity index (χ3v) is 3.80. The molecule has 1 amide bonds. The fraction of sp³-hybridized carbons (Fsp3) is 0.222. The van der Waals surface area contributed by atoms with E-state index < -0.39 is 0 Å². The Bertz CT molecular complexity index is 938. The standard InChI is InChI=1S/C18H17N5O/c1-3-9-22(13(2)24)16-6-4-5-14(10-16)17-7-8-20-18-15(11-19)12-21-23(17)18/h4-8,10,12H,3,9H2,1-2H3. The number of hydrogen-bond acceptors (Lipinski definition) is 4. The molecule has 0 saturated carbocycles. The average Bonchev–Trinajstić information content (AvgIpc) is 3.02. The molecule has 6 heteroatoms. The van der Waals surface area contributed by atoms with E-state index in [4.69, 9.17) is 5.26 Å². The van der Waals surface area contributed by atoms with Crippen molar-refractivity contribution in [2.24, 2.45) is 0 Å². The predicted octanol–water partition coefficient (Wildman–Crippen LogP) is 3.03. The van der Waals surface area contributed by atoms with E-state index in [0.29, 0.717) is 17.8 Å². The number of carbonyl (C=O) groups is 1. The highest BCUT2D eigenvalue weighted by Gasteiger charge is 2.13. The second-order valence-electron chi connectivity index (χ2n) is 5.46. The summed E-state index contributed by atoms with van der Waals surface area (Å²) in [5, 5.41) is 13.4. The van der Waals surface area contributed by atoms with Crippen molar-refractivity contribution >= 4 is 17.2 Å². The number of nitriles is 1. The van der Waals surface area contributed by atoms with Gasteiger partial charge in [0.25, 0.3) is 0 Å². The summed E-state index contributed by atoms with van der Waals surface area (Å²) >= 11 is 0. The zero-order valence-electron chi connectivity index (χ0n) is 13.6. The van der Waals surface area contributed by atoms with Crippen LogP contribution in [0.4, 0.5) is 5.69 Å². The second kappa shape index (κ2) is 6.50. The van der Waals surface area contributed by atoms with Crippen molar-refractivity contribution in [3.8, 4) is 17.3 Å². The molecular formula is C18H17N5O. The first kappa shape index (κ1) is 15.7. The van der Waals surface area contributed by atoms with Crippen molar-refractivity contribution in [2.75, 3.05) is 11.4 Å². The summed E-state index contributed by atoms with van der Waals surface area (Å²) in [5.41, 5.74) is 3.54. The molecule has 0 unspecified atom stereocenters. The third kappa shape index (κ3) is 2.72. The van der Waals surface area contributed by atoms with Gasteiger partial charge in [-0.05, 0) is 24.6 Å². The first-order valence-corrected chi connectivity index (χ1v) is 7.77. The van der Waals surface area contributed by atoms with Crippen LogP contribution in [0.25, 0.3) is 16.9 Å². The lowest BCUT2D eigenvalue weighted by atomic mass is 10.1. The van der Waals surface area contributed by atoms with Crippen LogP contribution in [0.2, 0.25) is 0 Å². The minimum Gasteiger partial charge on any atom is -0.313 e. The van der Waals surface area contributed by atoms with E-state index in [1.807, 2.05) is 37.3 Å². The molecule has 24 heavy (non-hydrogen) atoms. The van der Waals surface area contributed by atoms with Crippen molar-refractivity contribution in [1.82, 2.24) is 14.6 Å². The van der Waals surface area contributed by atoms with Crippen molar-refractivity contribution in [2.45, 2.75) is 20.3 Å². The highest BCUT2D eigenvalue weighted by molar-refractivity contribution is 5.92. The van der Waals surface area contributed by atoms with Crippen LogP contribution in [0.1, 0.15) is 25.8 Å². The van der Waals surface area contributed by atoms with E-state index in [1.165, 1.54) is 6.20 Å². The number of anilines is 1. The summed E-state index contributed by atoms with van der Waals surface area (Å²) in [7, 11) is 0. The maximum atomic E-state index is 11.9. The van der Waals surface area contributed by atoms with Gasteiger partial charge in [0.15, 0.2) is 5.65 Å². The van der Waals surface area contributed by atoms with E-state index >= 15 is 0 Å². The lowest BCUT2D eigenvalue weighted by Crippen LogP contribution is -2.29. The molecule has 3 aromatic rings. The quantitative estimate of drug-likeness (QED) is 0.741. The topological polar surface area (TPSA) is 74.3 Å². The zero-order valence-corrected chi connectivity index (χ0v) is 13.6. The molecule has 1 aromatic carbocycles. The molecule has 0 aliphatic heterocycles. The number of aromatic nitrogens is 3. The van der Waals surface area contributed by atoms with Crippen LogP contribution in [-0.4, -0.2) is 27.0 Å². The monoisotopic (exact) mass is 319 g/mol. The number of fused-ring (bicyclic) bond motifs is 1. The fourth-order valence-corrected chi connectivity index (χ4v) is 2.71. The van der Waals surface area contributed by atoms with Gasteiger partial charge in [-0.25, -0.2) is 9.50 Å². The summed E-state index contributed by atoms with van der Waals surface area (Å²) < 4.78 is 1.65. The van der Waals surface area contributed by atoms with Crippen molar-refractivity contribution in [3.63, 3.8) is 0 Å². The fourth-order valence-electron chi connectivity index (χ4n) is 2.71. The van der Waals surface area contributed by atoms with Crippen LogP contribution in [0.15, 0.2) is 42.7 Å². The minimum absolute atomic E-state index is 0.0136. The molecule has 0 fully saturated rings. The van der Waals surface area contributed by atoms with Gasteiger partial charge in [0.1, 0.15) is 11.6 Å². The Hall–Kier alpha value is -3.20. The van der Waals surface area contributed by atoms with Gasteiger partial charge >= 0.3 is 0 Å². The van der Waals surface area contributed by atoms with Gasteiger partial charge in [0.2, 0.25) is 5.91 Å². The number of hydrogen-bond donors (Lipinski definition) is 0.